The number of fused-ring (bicyclic) bond motifs is 2. The molecular weight excluding hydrogens is 286 g/mol. The molecule has 1 aliphatic rings. The molecule has 1 aromatic heterocycles. The number of hydrogen-bond donors (Lipinski definition) is 0. The van der Waals surface area contributed by atoms with E-state index < -0.39 is 0 Å². The van der Waals surface area contributed by atoms with Gasteiger partial charge in [-0.15, -0.1) is 22.9 Å². The van der Waals surface area contributed by atoms with Gasteiger partial charge in [0.05, 0.1) is 20.6 Å². The van der Waals surface area contributed by atoms with E-state index >= 15 is 0 Å². The summed E-state index contributed by atoms with van der Waals surface area (Å²) < 4.78 is 1.27. The van der Waals surface area contributed by atoms with Gasteiger partial charge in [-0.05, 0) is 35.6 Å². The van der Waals surface area contributed by atoms with E-state index in [0.717, 1.165) is 18.4 Å². The smallest absolute Gasteiger partial charge is 0.0942 e. The number of halogens is 1. The minimum absolute atomic E-state index is 0.123. The van der Waals surface area contributed by atoms with E-state index in [1.165, 1.54) is 20.8 Å². The van der Waals surface area contributed by atoms with Gasteiger partial charge in [0.25, 0.3) is 0 Å². The monoisotopic (exact) mass is 299 g/mol. The first-order valence-corrected chi connectivity index (χ1v) is 8.13. The number of alkyl halides is 1. The Morgan fingerprint density at radius 3 is 2.75 bits per heavy atom. The van der Waals surface area contributed by atoms with Crippen LogP contribution in [-0.4, -0.2) is 4.98 Å². The number of rotatable bonds is 2. The number of benzene rings is 2. The Morgan fingerprint density at radius 1 is 1.10 bits per heavy atom. The highest BCUT2D eigenvalue weighted by Gasteiger charge is 2.31. The average molecular weight is 300 g/mol. The van der Waals surface area contributed by atoms with Crippen LogP contribution in [0, 0.1) is 5.92 Å². The molecule has 0 spiro atoms. The van der Waals surface area contributed by atoms with Crippen molar-refractivity contribution in [2.24, 2.45) is 5.92 Å². The molecule has 0 radical (unpaired) electrons. The molecule has 0 N–H and O–H groups in total. The molecule has 2 aromatic carbocycles. The van der Waals surface area contributed by atoms with Crippen LogP contribution >= 0.6 is 22.9 Å². The third kappa shape index (κ3) is 2.04. The molecule has 2 unspecified atom stereocenters. The van der Waals surface area contributed by atoms with Crippen LogP contribution < -0.4 is 0 Å². The summed E-state index contributed by atoms with van der Waals surface area (Å²) in [5.74, 6) is 0.467. The highest BCUT2D eigenvalue weighted by molar-refractivity contribution is 7.18. The van der Waals surface area contributed by atoms with E-state index in [1.54, 1.807) is 11.3 Å². The summed E-state index contributed by atoms with van der Waals surface area (Å²) in [6.07, 6.45) is 2.04. The van der Waals surface area contributed by atoms with Crippen LogP contribution in [-0.2, 0) is 12.8 Å². The predicted molar refractivity (Wildman–Crippen MR) is 85.6 cm³/mol. The van der Waals surface area contributed by atoms with E-state index in [9.17, 15) is 0 Å². The largest absolute Gasteiger partial charge is 0.241 e. The SMILES string of the molecule is ClC1c2ccccc2CC1Cc1nc2ccccc2s1. The van der Waals surface area contributed by atoms with Crippen LogP contribution in [0.1, 0.15) is 21.5 Å². The van der Waals surface area contributed by atoms with Gasteiger partial charge in [-0.3, -0.25) is 0 Å². The predicted octanol–water partition coefficient (Wildman–Crippen LogP) is 4.99. The highest BCUT2D eigenvalue weighted by Crippen LogP contribution is 2.42. The van der Waals surface area contributed by atoms with Gasteiger partial charge in [-0.2, -0.15) is 0 Å². The molecule has 0 aliphatic heterocycles. The molecule has 1 aliphatic carbocycles. The van der Waals surface area contributed by atoms with Crippen molar-refractivity contribution < 1.29 is 0 Å². The quantitative estimate of drug-likeness (QED) is 0.607. The molecule has 3 heteroatoms. The van der Waals surface area contributed by atoms with Gasteiger partial charge in [0.1, 0.15) is 0 Å². The lowest BCUT2D eigenvalue weighted by molar-refractivity contribution is 0.542. The van der Waals surface area contributed by atoms with Gasteiger partial charge in [0.2, 0.25) is 0 Å². The fourth-order valence-corrected chi connectivity index (χ4v) is 4.49. The van der Waals surface area contributed by atoms with Crippen molar-refractivity contribution in [3.8, 4) is 0 Å². The summed E-state index contributed by atoms with van der Waals surface area (Å²) in [7, 11) is 0. The van der Waals surface area contributed by atoms with E-state index in [4.69, 9.17) is 16.6 Å². The summed E-state index contributed by atoms with van der Waals surface area (Å²) in [6, 6.07) is 16.9. The summed E-state index contributed by atoms with van der Waals surface area (Å²) in [5, 5.41) is 1.33. The maximum atomic E-state index is 6.63. The second kappa shape index (κ2) is 4.87. The Balaban J connectivity index is 1.61. The van der Waals surface area contributed by atoms with Gasteiger partial charge in [-0.1, -0.05) is 36.4 Å². The molecule has 0 saturated heterocycles. The standard InChI is InChI=1S/C17H14ClNS/c18-17-12(9-11-5-1-2-6-13(11)17)10-16-19-14-7-3-4-8-15(14)20-16/h1-8,12,17H,9-10H2. The number of thiazole rings is 1. The van der Waals surface area contributed by atoms with Crippen molar-refractivity contribution in [3.63, 3.8) is 0 Å². The molecule has 3 aromatic rings. The first kappa shape index (κ1) is 12.4. The fraction of sp³-hybridized carbons (Fsp3) is 0.235. The Morgan fingerprint density at radius 2 is 1.90 bits per heavy atom. The molecule has 1 nitrogen and oxygen atoms in total. The molecule has 0 bridgehead atoms. The lowest BCUT2D eigenvalue weighted by Crippen LogP contribution is -2.06. The lowest BCUT2D eigenvalue weighted by atomic mass is 10.0. The Bertz CT molecular complexity index is 731. The maximum Gasteiger partial charge on any atom is 0.0942 e. The summed E-state index contributed by atoms with van der Waals surface area (Å²) in [5.41, 5.74) is 3.81. The van der Waals surface area contributed by atoms with E-state index in [0.29, 0.717) is 5.92 Å². The molecule has 2 atom stereocenters. The van der Waals surface area contributed by atoms with E-state index in [1.807, 2.05) is 6.07 Å². The van der Waals surface area contributed by atoms with Gasteiger partial charge < -0.3 is 0 Å². The molecule has 0 fully saturated rings. The first-order chi connectivity index (χ1) is 9.81. The molecule has 1 heterocycles. The van der Waals surface area contributed by atoms with Crippen LogP contribution in [0.2, 0.25) is 0 Å². The van der Waals surface area contributed by atoms with Crippen LogP contribution in [0.25, 0.3) is 10.2 Å². The summed E-state index contributed by atoms with van der Waals surface area (Å²) in [6.45, 7) is 0. The molecule has 20 heavy (non-hydrogen) atoms. The van der Waals surface area contributed by atoms with Gasteiger partial charge in [0.15, 0.2) is 0 Å². The van der Waals surface area contributed by atoms with E-state index in [2.05, 4.69) is 42.5 Å². The molecule has 100 valence electrons. The molecule has 0 saturated carbocycles. The number of hydrogen-bond acceptors (Lipinski definition) is 2. The minimum Gasteiger partial charge on any atom is -0.241 e. The highest BCUT2D eigenvalue weighted by atomic mass is 35.5. The van der Waals surface area contributed by atoms with Crippen molar-refractivity contribution in [3.05, 3.63) is 64.7 Å². The number of nitrogens with zero attached hydrogens (tertiary/aromatic N) is 1. The Hall–Kier alpha value is -1.38. The second-order valence-corrected chi connectivity index (χ2v) is 6.93. The van der Waals surface area contributed by atoms with Crippen LogP contribution in [0.3, 0.4) is 0 Å². The van der Waals surface area contributed by atoms with E-state index in [-0.39, 0.29) is 5.38 Å². The van der Waals surface area contributed by atoms with Crippen molar-refractivity contribution in [1.29, 1.82) is 0 Å². The fourth-order valence-electron chi connectivity index (χ4n) is 3.04. The number of aromatic nitrogens is 1. The van der Waals surface area contributed by atoms with Gasteiger partial charge in [-0.25, -0.2) is 4.98 Å². The number of para-hydroxylation sites is 1. The van der Waals surface area contributed by atoms with Crippen molar-refractivity contribution in [2.45, 2.75) is 18.2 Å². The first-order valence-electron chi connectivity index (χ1n) is 6.87. The molecular formula is C17H14ClNS. The third-order valence-electron chi connectivity index (χ3n) is 4.02. The zero-order chi connectivity index (χ0) is 13.5. The lowest BCUT2D eigenvalue weighted by Gasteiger charge is -2.12. The Kier molecular flexibility index (Phi) is 3.01. The van der Waals surface area contributed by atoms with Crippen molar-refractivity contribution in [1.82, 2.24) is 4.98 Å². The zero-order valence-corrected chi connectivity index (χ0v) is 12.5. The normalized spacial score (nSPS) is 21.2. The minimum atomic E-state index is 0.123. The zero-order valence-electron chi connectivity index (χ0n) is 10.9. The van der Waals surface area contributed by atoms with Crippen LogP contribution in [0.5, 0.6) is 0 Å². The summed E-state index contributed by atoms with van der Waals surface area (Å²) in [4.78, 5) is 4.73. The van der Waals surface area contributed by atoms with Crippen LogP contribution in [0.15, 0.2) is 48.5 Å². The van der Waals surface area contributed by atoms with Crippen molar-refractivity contribution in [2.75, 3.05) is 0 Å². The van der Waals surface area contributed by atoms with Gasteiger partial charge in [0, 0.05) is 6.42 Å². The molecule has 0 amide bonds. The Labute approximate surface area is 127 Å². The average Bonchev–Trinajstić information content (AvgIpc) is 3.01. The van der Waals surface area contributed by atoms with Gasteiger partial charge >= 0.3 is 0 Å². The topological polar surface area (TPSA) is 12.9 Å². The van der Waals surface area contributed by atoms with Crippen molar-refractivity contribution >= 4 is 33.2 Å². The summed E-state index contributed by atoms with van der Waals surface area (Å²) >= 11 is 8.43. The maximum absolute atomic E-state index is 6.63. The van der Waals surface area contributed by atoms with Crippen LogP contribution in [0.4, 0.5) is 0 Å². The third-order valence-corrected chi connectivity index (χ3v) is 5.67. The second-order valence-electron chi connectivity index (χ2n) is 5.34. The molecule has 4 rings (SSSR count).